The van der Waals surface area contributed by atoms with Crippen molar-refractivity contribution >= 4 is 0 Å². The SMILES string of the molecule is COCCOCCC(C)(CN)C(C)O. The molecule has 0 amide bonds. The highest BCUT2D eigenvalue weighted by Gasteiger charge is 2.27. The molecule has 0 aliphatic heterocycles. The second kappa shape index (κ2) is 7.17. The predicted octanol–water partition coefficient (Wildman–Crippen LogP) is 0.385. The summed E-state index contributed by atoms with van der Waals surface area (Å²) in [5.41, 5.74) is 5.37. The van der Waals surface area contributed by atoms with Crippen molar-refractivity contribution in [2.45, 2.75) is 26.4 Å². The zero-order chi connectivity index (χ0) is 11.0. The van der Waals surface area contributed by atoms with E-state index in [4.69, 9.17) is 15.2 Å². The Kier molecular flexibility index (Phi) is 7.09. The van der Waals surface area contributed by atoms with Crippen molar-refractivity contribution in [2.75, 3.05) is 33.5 Å². The fraction of sp³-hybridized carbons (Fsp3) is 1.00. The van der Waals surface area contributed by atoms with E-state index in [1.165, 1.54) is 0 Å². The van der Waals surface area contributed by atoms with E-state index in [-0.39, 0.29) is 5.41 Å². The fourth-order valence-electron chi connectivity index (χ4n) is 1.03. The van der Waals surface area contributed by atoms with Crippen LogP contribution in [0.25, 0.3) is 0 Å². The summed E-state index contributed by atoms with van der Waals surface area (Å²) in [5, 5.41) is 9.51. The van der Waals surface area contributed by atoms with Crippen molar-refractivity contribution in [2.24, 2.45) is 11.1 Å². The second-order valence-electron chi connectivity index (χ2n) is 3.89. The van der Waals surface area contributed by atoms with E-state index < -0.39 is 6.10 Å². The lowest BCUT2D eigenvalue weighted by molar-refractivity contribution is 0.0109. The molecule has 2 atom stereocenters. The molecule has 0 aromatic carbocycles. The molecular formula is C10H23NO3. The van der Waals surface area contributed by atoms with E-state index in [0.717, 1.165) is 6.42 Å². The summed E-state index contributed by atoms with van der Waals surface area (Å²) in [6.45, 7) is 6.02. The van der Waals surface area contributed by atoms with E-state index in [0.29, 0.717) is 26.4 Å². The van der Waals surface area contributed by atoms with Gasteiger partial charge in [-0.2, -0.15) is 0 Å². The molecule has 0 heterocycles. The first-order valence-corrected chi connectivity index (χ1v) is 5.01. The van der Waals surface area contributed by atoms with Gasteiger partial charge in [-0.3, -0.25) is 0 Å². The molecule has 0 radical (unpaired) electrons. The van der Waals surface area contributed by atoms with E-state index in [1.54, 1.807) is 14.0 Å². The minimum absolute atomic E-state index is 0.243. The quantitative estimate of drug-likeness (QED) is 0.562. The van der Waals surface area contributed by atoms with Gasteiger partial charge in [-0.15, -0.1) is 0 Å². The van der Waals surface area contributed by atoms with Crippen LogP contribution in [0.3, 0.4) is 0 Å². The van der Waals surface area contributed by atoms with Crippen molar-refractivity contribution in [1.82, 2.24) is 0 Å². The summed E-state index contributed by atoms with van der Waals surface area (Å²) < 4.78 is 10.2. The Hall–Kier alpha value is -0.160. The van der Waals surface area contributed by atoms with E-state index in [2.05, 4.69) is 0 Å². The molecule has 3 N–H and O–H groups in total. The maximum absolute atomic E-state index is 9.51. The highest BCUT2D eigenvalue weighted by atomic mass is 16.5. The van der Waals surface area contributed by atoms with Crippen LogP contribution in [-0.4, -0.2) is 44.7 Å². The summed E-state index contributed by atoms with van der Waals surface area (Å²) in [4.78, 5) is 0. The van der Waals surface area contributed by atoms with Crippen molar-refractivity contribution < 1.29 is 14.6 Å². The lowest BCUT2D eigenvalue weighted by Gasteiger charge is -2.30. The molecule has 0 saturated heterocycles. The lowest BCUT2D eigenvalue weighted by Crippen LogP contribution is -2.38. The highest BCUT2D eigenvalue weighted by Crippen LogP contribution is 2.24. The first-order valence-electron chi connectivity index (χ1n) is 5.01. The Morgan fingerprint density at radius 2 is 2.00 bits per heavy atom. The fourth-order valence-corrected chi connectivity index (χ4v) is 1.03. The van der Waals surface area contributed by atoms with Gasteiger partial charge in [0.15, 0.2) is 0 Å². The van der Waals surface area contributed by atoms with E-state index in [1.807, 2.05) is 6.92 Å². The van der Waals surface area contributed by atoms with Gasteiger partial charge in [-0.25, -0.2) is 0 Å². The molecule has 0 aliphatic rings. The van der Waals surface area contributed by atoms with Crippen LogP contribution in [0.2, 0.25) is 0 Å². The van der Waals surface area contributed by atoms with Crippen LogP contribution >= 0.6 is 0 Å². The molecule has 0 aromatic heterocycles. The van der Waals surface area contributed by atoms with Crippen LogP contribution in [0.1, 0.15) is 20.3 Å². The van der Waals surface area contributed by atoms with Crippen LogP contribution in [0, 0.1) is 5.41 Å². The van der Waals surface area contributed by atoms with Gasteiger partial charge in [0, 0.05) is 25.7 Å². The van der Waals surface area contributed by atoms with Crippen LogP contribution in [0.4, 0.5) is 0 Å². The van der Waals surface area contributed by atoms with Crippen molar-refractivity contribution in [3.63, 3.8) is 0 Å². The summed E-state index contributed by atoms with van der Waals surface area (Å²) in [5.74, 6) is 0. The first-order chi connectivity index (χ1) is 6.56. The Bertz CT molecular complexity index is 141. The number of rotatable bonds is 8. The van der Waals surface area contributed by atoms with Crippen LogP contribution < -0.4 is 5.73 Å². The standard InChI is InChI=1S/C10H23NO3/c1-9(12)10(2,8-11)4-5-14-7-6-13-3/h9,12H,4-8,11H2,1-3H3. The lowest BCUT2D eigenvalue weighted by atomic mass is 9.82. The third kappa shape index (κ3) is 4.91. The molecule has 0 fully saturated rings. The largest absolute Gasteiger partial charge is 0.393 e. The summed E-state index contributed by atoms with van der Waals surface area (Å²) in [7, 11) is 1.64. The molecule has 2 unspecified atom stereocenters. The van der Waals surface area contributed by atoms with Crippen molar-refractivity contribution in [3.05, 3.63) is 0 Å². The van der Waals surface area contributed by atoms with Gasteiger partial charge < -0.3 is 20.3 Å². The van der Waals surface area contributed by atoms with Gasteiger partial charge in [0.1, 0.15) is 0 Å². The monoisotopic (exact) mass is 205 g/mol. The molecule has 14 heavy (non-hydrogen) atoms. The Morgan fingerprint density at radius 1 is 1.36 bits per heavy atom. The molecule has 0 aliphatic carbocycles. The third-order valence-electron chi connectivity index (χ3n) is 2.72. The van der Waals surface area contributed by atoms with Gasteiger partial charge in [0.25, 0.3) is 0 Å². The van der Waals surface area contributed by atoms with E-state index >= 15 is 0 Å². The molecule has 86 valence electrons. The zero-order valence-electron chi connectivity index (χ0n) is 9.45. The molecule has 0 bridgehead atoms. The average Bonchev–Trinajstić information content (AvgIpc) is 2.17. The minimum Gasteiger partial charge on any atom is -0.393 e. The van der Waals surface area contributed by atoms with Crippen LogP contribution in [-0.2, 0) is 9.47 Å². The first kappa shape index (κ1) is 13.8. The Morgan fingerprint density at radius 3 is 2.43 bits per heavy atom. The summed E-state index contributed by atoms with van der Waals surface area (Å²) >= 11 is 0. The van der Waals surface area contributed by atoms with Crippen molar-refractivity contribution in [3.8, 4) is 0 Å². The summed E-state index contributed by atoms with van der Waals surface area (Å²) in [6, 6.07) is 0. The Balaban J connectivity index is 3.63. The number of hydrogen-bond donors (Lipinski definition) is 2. The normalized spacial score (nSPS) is 17.8. The number of aliphatic hydroxyl groups excluding tert-OH is 1. The van der Waals surface area contributed by atoms with Gasteiger partial charge in [0.2, 0.25) is 0 Å². The van der Waals surface area contributed by atoms with Gasteiger partial charge in [-0.1, -0.05) is 6.92 Å². The number of ether oxygens (including phenoxy) is 2. The van der Waals surface area contributed by atoms with Gasteiger partial charge >= 0.3 is 0 Å². The smallest absolute Gasteiger partial charge is 0.0700 e. The van der Waals surface area contributed by atoms with E-state index in [9.17, 15) is 5.11 Å². The molecular weight excluding hydrogens is 182 g/mol. The predicted molar refractivity (Wildman–Crippen MR) is 56.2 cm³/mol. The molecule has 0 spiro atoms. The molecule has 0 aromatic rings. The number of nitrogens with two attached hydrogens (primary N) is 1. The Labute approximate surface area is 86.4 Å². The van der Waals surface area contributed by atoms with Gasteiger partial charge in [0.05, 0.1) is 19.3 Å². The summed E-state index contributed by atoms with van der Waals surface area (Å²) in [6.07, 6.45) is 0.365. The molecule has 0 rings (SSSR count). The second-order valence-corrected chi connectivity index (χ2v) is 3.89. The number of hydrogen-bond acceptors (Lipinski definition) is 4. The van der Waals surface area contributed by atoms with Crippen LogP contribution in [0.5, 0.6) is 0 Å². The van der Waals surface area contributed by atoms with Crippen LogP contribution in [0.15, 0.2) is 0 Å². The maximum atomic E-state index is 9.51. The minimum atomic E-state index is -0.404. The zero-order valence-corrected chi connectivity index (χ0v) is 9.45. The third-order valence-corrected chi connectivity index (χ3v) is 2.72. The number of aliphatic hydroxyl groups is 1. The highest BCUT2D eigenvalue weighted by molar-refractivity contribution is 4.80. The number of methoxy groups -OCH3 is 1. The maximum Gasteiger partial charge on any atom is 0.0700 e. The molecule has 0 saturated carbocycles. The van der Waals surface area contributed by atoms with Gasteiger partial charge in [-0.05, 0) is 13.3 Å². The van der Waals surface area contributed by atoms with Crippen molar-refractivity contribution in [1.29, 1.82) is 0 Å². The molecule has 4 heteroatoms. The molecule has 4 nitrogen and oxygen atoms in total. The average molecular weight is 205 g/mol. The topological polar surface area (TPSA) is 64.7 Å².